The molecule has 1 unspecified atom stereocenters. The van der Waals surface area contributed by atoms with Crippen molar-refractivity contribution in [3.8, 4) is 0 Å². The highest BCUT2D eigenvalue weighted by Gasteiger charge is 2.21. The second-order valence-electron chi connectivity index (χ2n) is 5.11. The molecule has 3 rings (SSSR count). The van der Waals surface area contributed by atoms with Crippen molar-refractivity contribution >= 4 is 10.9 Å². The molecule has 1 atom stereocenters. The van der Waals surface area contributed by atoms with Crippen molar-refractivity contribution in [2.45, 2.75) is 12.5 Å². The van der Waals surface area contributed by atoms with E-state index in [2.05, 4.69) is 40.3 Å². The summed E-state index contributed by atoms with van der Waals surface area (Å²) in [6.45, 7) is 4.31. The van der Waals surface area contributed by atoms with E-state index < -0.39 is 0 Å². The van der Waals surface area contributed by atoms with Gasteiger partial charge >= 0.3 is 0 Å². The van der Waals surface area contributed by atoms with Gasteiger partial charge in [0, 0.05) is 42.8 Å². The Morgan fingerprint density at radius 3 is 3.16 bits per heavy atom. The highest BCUT2D eigenvalue weighted by molar-refractivity contribution is 5.83. The second kappa shape index (κ2) is 5.74. The highest BCUT2D eigenvalue weighted by Crippen LogP contribution is 2.19. The number of aromatic nitrogens is 1. The van der Waals surface area contributed by atoms with Crippen LogP contribution in [-0.2, 0) is 11.2 Å². The first-order valence-electron chi connectivity index (χ1n) is 6.95. The molecule has 1 aliphatic heterocycles. The summed E-state index contributed by atoms with van der Waals surface area (Å²) < 4.78 is 5.48. The third kappa shape index (κ3) is 2.66. The third-order valence-corrected chi connectivity index (χ3v) is 3.96. The fourth-order valence-electron chi connectivity index (χ4n) is 2.80. The zero-order valence-electron chi connectivity index (χ0n) is 11.1. The van der Waals surface area contributed by atoms with Crippen molar-refractivity contribution in [1.29, 1.82) is 0 Å². The van der Waals surface area contributed by atoms with Crippen LogP contribution in [0.2, 0.25) is 0 Å². The number of nitrogens with one attached hydrogen (secondary N) is 1. The number of benzene rings is 1. The predicted molar refractivity (Wildman–Crippen MR) is 77.2 cm³/mol. The Morgan fingerprint density at radius 1 is 1.37 bits per heavy atom. The van der Waals surface area contributed by atoms with Crippen molar-refractivity contribution in [1.82, 2.24) is 9.88 Å². The van der Waals surface area contributed by atoms with Gasteiger partial charge in [-0.2, -0.15) is 0 Å². The average Bonchev–Trinajstić information content (AvgIpc) is 2.89. The van der Waals surface area contributed by atoms with E-state index in [-0.39, 0.29) is 0 Å². The van der Waals surface area contributed by atoms with Gasteiger partial charge in [0.15, 0.2) is 0 Å². The maximum atomic E-state index is 5.81. The van der Waals surface area contributed by atoms with Crippen LogP contribution in [0, 0.1) is 0 Å². The Kier molecular flexibility index (Phi) is 3.82. The zero-order chi connectivity index (χ0) is 13.1. The Labute approximate surface area is 113 Å². The van der Waals surface area contributed by atoms with Gasteiger partial charge in [0.2, 0.25) is 0 Å². The van der Waals surface area contributed by atoms with E-state index in [0.717, 1.165) is 32.7 Å². The average molecular weight is 259 g/mol. The lowest BCUT2D eigenvalue weighted by atomic mass is 10.1. The van der Waals surface area contributed by atoms with Gasteiger partial charge in [-0.3, -0.25) is 4.90 Å². The van der Waals surface area contributed by atoms with Gasteiger partial charge in [-0.25, -0.2) is 0 Å². The molecule has 4 nitrogen and oxygen atoms in total. The number of nitrogens with zero attached hydrogens (tertiary/aromatic N) is 1. The number of H-pyrrole nitrogens is 1. The molecule has 3 N–H and O–H groups in total. The number of fused-ring (bicyclic) bond motifs is 1. The highest BCUT2D eigenvalue weighted by atomic mass is 16.5. The number of hydrogen-bond donors (Lipinski definition) is 2. The van der Waals surface area contributed by atoms with Crippen LogP contribution in [0.5, 0.6) is 0 Å². The Morgan fingerprint density at radius 2 is 2.26 bits per heavy atom. The Hall–Kier alpha value is -1.36. The fourth-order valence-corrected chi connectivity index (χ4v) is 2.80. The summed E-state index contributed by atoms with van der Waals surface area (Å²) in [6, 6.07) is 8.84. The summed E-state index contributed by atoms with van der Waals surface area (Å²) in [4.78, 5) is 5.78. The molecule has 1 saturated heterocycles. The van der Waals surface area contributed by atoms with Gasteiger partial charge in [-0.05, 0) is 18.1 Å². The molecule has 2 aromatic rings. The van der Waals surface area contributed by atoms with Gasteiger partial charge < -0.3 is 15.5 Å². The molecule has 1 aromatic heterocycles. The van der Waals surface area contributed by atoms with Crippen LogP contribution in [0.1, 0.15) is 5.56 Å². The number of ether oxygens (including phenoxy) is 1. The molecule has 4 heteroatoms. The Bertz CT molecular complexity index is 537. The molecule has 19 heavy (non-hydrogen) atoms. The number of nitrogens with two attached hydrogens (primary N) is 1. The summed E-state index contributed by atoms with van der Waals surface area (Å²) in [5, 5.41) is 1.33. The number of hydrogen-bond acceptors (Lipinski definition) is 3. The topological polar surface area (TPSA) is 54.3 Å². The fraction of sp³-hybridized carbons (Fsp3) is 0.467. The van der Waals surface area contributed by atoms with Gasteiger partial charge in [-0.15, -0.1) is 0 Å². The first-order valence-corrected chi connectivity index (χ1v) is 6.95. The van der Waals surface area contributed by atoms with Crippen LogP contribution in [0.15, 0.2) is 30.5 Å². The SMILES string of the molecule is NCC1COCCN1CCc1c[nH]c2ccccc12. The summed E-state index contributed by atoms with van der Waals surface area (Å²) in [7, 11) is 0. The van der Waals surface area contributed by atoms with Crippen molar-refractivity contribution in [2.75, 3.05) is 32.8 Å². The van der Waals surface area contributed by atoms with E-state index in [9.17, 15) is 0 Å². The van der Waals surface area contributed by atoms with E-state index >= 15 is 0 Å². The summed E-state index contributed by atoms with van der Waals surface area (Å²) in [5.74, 6) is 0. The lowest BCUT2D eigenvalue weighted by Crippen LogP contribution is -2.49. The molecular weight excluding hydrogens is 238 g/mol. The molecular formula is C15H21N3O. The molecule has 0 amide bonds. The molecule has 1 fully saturated rings. The van der Waals surface area contributed by atoms with Gasteiger partial charge in [-0.1, -0.05) is 18.2 Å². The van der Waals surface area contributed by atoms with E-state index in [1.54, 1.807) is 0 Å². The first kappa shape index (κ1) is 12.7. The summed E-state index contributed by atoms with van der Waals surface area (Å²) in [6.07, 6.45) is 3.18. The van der Waals surface area contributed by atoms with Crippen LogP contribution < -0.4 is 5.73 Å². The molecule has 0 radical (unpaired) electrons. The molecule has 0 aliphatic carbocycles. The maximum absolute atomic E-state index is 5.81. The Balaban J connectivity index is 1.68. The summed E-state index contributed by atoms with van der Waals surface area (Å²) >= 11 is 0. The quantitative estimate of drug-likeness (QED) is 0.872. The lowest BCUT2D eigenvalue weighted by Gasteiger charge is -2.34. The minimum atomic E-state index is 0.374. The zero-order valence-corrected chi connectivity index (χ0v) is 11.1. The smallest absolute Gasteiger partial charge is 0.0634 e. The van der Waals surface area contributed by atoms with E-state index in [1.165, 1.54) is 16.5 Å². The molecule has 1 aliphatic rings. The normalized spacial score (nSPS) is 21.0. The number of para-hydroxylation sites is 1. The molecule has 2 heterocycles. The van der Waals surface area contributed by atoms with Crippen molar-refractivity contribution < 1.29 is 4.74 Å². The van der Waals surface area contributed by atoms with Crippen molar-refractivity contribution in [3.05, 3.63) is 36.0 Å². The van der Waals surface area contributed by atoms with Crippen molar-refractivity contribution in [3.63, 3.8) is 0 Å². The van der Waals surface area contributed by atoms with Crippen LogP contribution in [0.4, 0.5) is 0 Å². The standard InChI is InChI=1S/C15H21N3O/c16-9-13-11-19-8-7-18(13)6-5-12-10-17-15-4-2-1-3-14(12)15/h1-4,10,13,17H,5-9,11,16H2. The first-order chi connectivity index (χ1) is 9.38. The van der Waals surface area contributed by atoms with Gasteiger partial charge in [0.1, 0.15) is 0 Å². The van der Waals surface area contributed by atoms with E-state index in [0.29, 0.717) is 12.6 Å². The van der Waals surface area contributed by atoms with E-state index in [4.69, 9.17) is 10.5 Å². The maximum Gasteiger partial charge on any atom is 0.0634 e. The number of rotatable bonds is 4. The minimum Gasteiger partial charge on any atom is -0.378 e. The lowest BCUT2D eigenvalue weighted by molar-refractivity contribution is -0.00316. The number of morpholine rings is 1. The van der Waals surface area contributed by atoms with Gasteiger partial charge in [0.05, 0.1) is 13.2 Å². The third-order valence-electron chi connectivity index (χ3n) is 3.96. The molecule has 0 spiro atoms. The second-order valence-corrected chi connectivity index (χ2v) is 5.11. The minimum absolute atomic E-state index is 0.374. The van der Waals surface area contributed by atoms with Crippen LogP contribution in [-0.4, -0.2) is 48.8 Å². The van der Waals surface area contributed by atoms with Crippen LogP contribution in [0.3, 0.4) is 0 Å². The predicted octanol–water partition coefficient (Wildman–Crippen LogP) is 1.37. The van der Waals surface area contributed by atoms with Crippen LogP contribution >= 0.6 is 0 Å². The van der Waals surface area contributed by atoms with E-state index in [1.807, 2.05) is 0 Å². The molecule has 102 valence electrons. The number of aromatic amines is 1. The van der Waals surface area contributed by atoms with Gasteiger partial charge in [0.25, 0.3) is 0 Å². The van der Waals surface area contributed by atoms with Crippen LogP contribution in [0.25, 0.3) is 10.9 Å². The molecule has 1 aromatic carbocycles. The molecule has 0 saturated carbocycles. The monoisotopic (exact) mass is 259 g/mol. The largest absolute Gasteiger partial charge is 0.378 e. The molecule has 0 bridgehead atoms. The van der Waals surface area contributed by atoms with Crippen molar-refractivity contribution in [2.24, 2.45) is 5.73 Å². The summed E-state index contributed by atoms with van der Waals surface area (Å²) in [5.41, 5.74) is 8.41.